The van der Waals surface area contributed by atoms with Gasteiger partial charge in [-0.05, 0) is 25.5 Å². The van der Waals surface area contributed by atoms with Crippen LogP contribution < -0.4 is 5.43 Å². The summed E-state index contributed by atoms with van der Waals surface area (Å²) in [7, 11) is 0. The molecule has 1 heterocycles. The molecule has 100 valence electrons. The van der Waals surface area contributed by atoms with Crippen LogP contribution >= 0.6 is 0 Å². The number of nitrogens with zero attached hydrogens (tertiary/aromatic N) is 1. The van der Waals surface area contributed by atoms with Gasteiger partial charge in [-0.25, -0.2) is 4.79 Å². The molecule has 5 nitrogen and oxygen atoms in total. The fraction of sp³-hybridized carbons (Fsp3) is 0.286. The fourth-order valence-corrected chi connectivity index (χ4v) is 2.05. The van der Waals surface area contributed by atoms with E-state index in [1.807, 2.05) is 13.8 Å². The van der Waals surface area contributed by atoms with Gasteiger partial charge in [-0.15, -0.1) is 0 Å². The van der Waals surface area contributed by atoms with E-state index in [1.54, 1.807) is 4.57 Å². The van der Waals surface area contributed by atoms with Crippen molar-refractivity contribution >= 4 is 16.9 Å². The molecular formula is C14H15NO4. The van der Waals surface area contributed by atoms with Gasteiger partial charge in [-0.3, -0.25) is 4.79 Å². The number of hydrogen-bond donors (Lipinski definition) is 2. The predicted octanol–water partition coefficient (Wildman–Crippen LogP) is 2.38. The van der Waals surface area contributed by atoms with Crippen LogP contribution in [0.4, 0.5) is 0 Å². The van der Waals surface area contributed by atoms with Crippen molar-refractivity contribution in [3.8, 4) is 5.75 Å². The number of fused-ring (bicyclic) bond motifs is 1. The van der Waals surface area contributed by atoms with Gasteiger partial charge in [0.05, 0.1) is 5.52 Å². The smallest absolute Gasteiger partial charge is 0.341 e. The average Bonchev–Trinajstić information content (AvgIpc) is 2.37. The number of aromatic nitrogens is 1. The molecule has 1 atom stereocenters. The van der Waals surface area contributed by atoms with E-state index >= 15 is 0 Å². The molecule has 0 aliphatic rings. The van der Waals surface area contributed by atoms with Gasteiger partial charge in [0.2, 0.25) is 5.43 Å². The zero-order chi connectivity index (χ0) is 14.2. The molecular weight excluding hydrogens is 246 g/mol. The van der Waals surface area contributed by atoms with E-state index in [9.17, 15) is 14.7 Å². The summed E-state index contributed by atoms with van der Waals surface area (Å²) in [4.78, 5) is 23.2. The van der Waals surface area contributed by atoms with E-state index in [2.05, 4.69) is 0 Å². The normalized spacial score (nSPS) is 12.5. The Labute approximate surface area is 109 Å². The largest absolute Gasteiger partial charge is 0.508 e. The third kappa shape index (κ3) is 2.19. The minimum atomic E-state index is -1.24. The summed E-state index contributed by atoms with van der Waals surface area (Å²) in [5, 5.41) is 18.9. The van der Waals surface area contributed by atoms with Crippen molar-refractivity contribution in [1.82, 2.24) is 4.57 Å². The second-order valence-electron chi connectivity index (χ2n) is 4.54. The highest BCUT2D eigenvalue weighted by molar-refractivity contribution is 5.92. The number of aromatic carboxylic acids is 1. The lowest BCUT2D eigenvalue weighted by Gasteiger charge is -2.18. The molecule has 1 aromatic carbocycles. The summed E-state index contributed by atoms with van der Waals surface area (Å²) in [6, 6.07) is 4.35. The van der Waals surface area contributed by atoms with Crippen LogP contribution in [0.1, 0.15) is 36.7 Å². The number of carboxylic acids is 1. The number of carbonyl (C=O) groups is 1. The van der Waals surface area contributed by atoms with Gasteiger partial charge >= 0.3 is 5.97 Å². The van der Waals surface area contributed by atoms with Crippen molar-refractivity contribution in [2.45, 2.75) is 26.3 Å². The van der Waals surface area contributed by atoms with Crippen LogP contribution in [0.15, 0.2) is 29.2 Å². The number of phenols is 1. The van der Waals surface area contributed by atoms with Crippen molar-refractivity contribution < 1.29 is 15.0 Å². The molecule has 0 spiro atoms. The summed E-state index contributed by atoms with van der Waals surface area (Å²) in [6.07, 6.45) is 2.13. The maximum Gasteiger partial charge on any atom is 0.341 e. The van der Waals surface area contributed by atoms with Crippen LogP contribution in [0.2, 0.25) is 0 Å². The first-order valence-electron chi connectivity index (χ1n) is 6.06. The lowest BCUT2D eigenvalue weighted by Crippen LogP contribution is -2.20. The van der Waals surface area contributed by atoms with Crippen LogP contribution in [0.5, 0.6) is 5.75 Å². The molecule has 0 aliphatic heterocycles. The Morgan fingerprint density at radius 3 is 2.68 bits per heavy atom. The van der Waals surface area contributed by atoms with E-state index in [-0.39, 0.29) is 17.4 Å². The van der Waals surface area contributed by atoms with E-state index in [0.29, 0.717) is 10.9 Å². The molecule has 2 rings (SSSR count). The fourth-order valence-electron chi connectivity index (χ4n) is 2.05. The lowest BCUT2D eigenvalue weighted by atomic mass is 10.1. The Bertz CT molecular complexity index is 702. The maximum atomic E-state index is 12.1. The summed E-state index contributed by atoms with van der Waals surface area (Å²) in [6.45, 7) is 3.90. The van der Waals surface area contributed by atoms with Crippen molar-refractivity contribution in [3.63, 3.8) is 0 Å². The van der Waals surface area contributed by atoms with Crippen LogP contribution in [-0.4, -0.2) is 20.7 Å². The highest BCUT2D eigenvalue weighted by Crippen LogP contribution is 2.22. The van der Waals surface area contributed by atoms with Gasteiger partial charge in [0.25, 0.3) is 0 Å². The van der Waals surface area contributed by atoms with E-state index in [0.717, 1.165) is 6.42 Å². The Hall–Kier alpha value is -2.30. The Kier molecular flexibility index (Phi) is 3.29. The maximum absolute atomic E-state index is 12.1. The summed E-state index contributed by atoms with van der Waals surface area (Å²) in [5.41, 5.74) is -0.232. The van der Waals surface area contributed by atoms with Crippen LogP contribution in [0, 0.1) is 0 Å². The predicted molar refractivity (Wildman–Crippen MR) is 71.8 cm³/mol. The molecule has 0 amide bonds. The number of carboxylic acid groups (broad SMARTS) is 1. The number of aromatic hydroxyl groups is 1. The molecule has 0 bridgehead atoms. The van der Waals surface area contributed by atoms with Gasteiger partial charge in [0, 0.05) is 23.7 Å². The molecule has 5 heteroatoms. The molecule has 0 radical (unpaired) electrons. The Morgan fingerprint density at radius 2 is 2.11 bits per heavy atom. The van der Waals surface area contributed by atoms with Crippen molar-refractivity contribution in [3.05, 3.63) is 40.2 Å². The molecule has 0 aliphatic carbocycles. The monoisotopic (exact) mass is 261 g/mol. The van der Waals surface area contributed by atoms with Crippen molar-refractivity contribution in [1.29, 1.82) is 0 Å². The minimum Gasteiger partial charge on any atom is -0.508 e. The third-order valence-corrected chi connectivity index (χ3v) is 3.31. The molecule has 1 aromatic heterocycles. The minimum absolute atomic E-state index is 0.0306. The van der Waals surface area contributed by atoms with Crippen LogP contribution in [0.3, 0.4) is 0 Å². The van der Waals surface area contributed by atoms with Gasteiger partial charge in [-0.1, -0.05) is 6.92 Å². The SMILES string of the molecule is CCC(C)n1cc(C(=O)O)c(=O)c2ccc(O)cc21. The molecule has 0 saturated carbocycles. The van der Waals surface area contributed by atoms with Crippen molar-refractivity contribution in [2.24, 2.45) is 0 Å². The summed E-state index contributed by atoms with van der Waals surface area (Å²) < 4.78 is 1.72. The van der Waals surface area contributed by atoms with Gasteiger partial charge in [0.1, 0.15) is 11.3 Å². The summed E-state index contributed by atoms with van der Waals surface area (Å²) >= 11 is 0. The van der Waals surface area contributed by atoms with E-state index < -0.39 is 11.4 Å². The molecule has 0 fully saturated rings. The topological polar surface area (TPSA) is 79.5 Å². The highest BCUT2D eigenvalue weighted by Gasteiger charge is 2.16. The zero-order valence-electron chi connectivity index (χ0n) is 10.8. The Balaban J connectivity index is 2.92. The number of rotatable bonds is 3. The highest BCUT2D eigenvalue weighted by atomic mass is 16.4. The van der Waals surface area contributed by atoms with Crippen LogP contribution in [-0.2, 0) is 0 Å². The second-order valence-corrected chi connectivity index (χ2v) is 4.54. The number of pyridine rings is 1. The van der Waals surface area contributed by atoms with Gasteiger partial charge < -0.3 is 14.8 Å². The third-order valence-electron chi connectivity index (χ3n) is 3.31. The van der Waals surface area contributed by atoms with Crippen LogP contribution in [0.25, 0.3) is 10.9 Å². The number of benzene rings is 1. The standard InChI is InChI=1S/C14H15NO4/c1-3-8(2)15-7-11(14(18)19)13(17)10-5-4-9(16)6-12(10)15/h4-8,16H,3H2,1-2H3,(H,18,19). The first-order chi connectivity index (χ1) is 8.95. The lowest BCUT2D eigenvalue weighted by molar-refractivity contribution is 0.0694. The second kappa shape index (κ2) is 4.76. The molecule has 1 unspecified atom stereocenters. The Morgan fingerprint density at radius 1 is 1.42 bits per heavy atom. The molecule has 2 aromatic rings. The zero-order valence-corrected chi connectivity index (χ0v) is 10.8. The summed E-state index contributed by atoms with van der Waals surface area (Å²) in [5.74, 6) is -1.19. The quantitative estimate of drug-likeness (QED) is 0.889. The first-order valence-corrected chi connectivity index (χ1v) is 6.06. The number of hydrogen-bond acceptors (Lipinski definition) is 3. The van der Waals surface area contributed by atoms with E-state index in [1.165, 1.54) is 24.4 Å². The average molecular weight is 261 g/mol. The molecule has 0 saturated heterocycles. The van der Waals surface area contributed by atoms with Crippen molar-refractivity contribution in [2.75, 3.05) is 0 Å². The molecule has 2 N–H and O–H groups in total. The molecule has 19 heavy (non-hydrogen) atoms. The van der Waals surface area contributed by atoms with Gasteiger partial charge in [0.15, 0.2) is 0 Å². The number of phenolic OH excluding ortho intramolecular Hbond substituents is 1. The first kappa shape index (κ1) is 13.1. The van der Waals surface area contributed by atoms with Gasteiger partial charge in [-0.2, -0.15) is 0 Å². The van der Waals surface area contributed by atoms with E-state index in [4.69, 9.17) is 5.11 Å².